The van der Waals surface area contributed by atoms with E-state index in [2.05, 4.69) is 10.3 Å². The molecule has 3 rings (SSSR count). The van der Waals surface area contributed by atoms with Gasteiger partial charge in [0.15, 0.2) is 0 Å². The minimum atomic E-state index is -4.82. The third-order valence-corrected chi connectivity index (χ3v) is 4.16. The molecule has 0 unspecified atom stereocenters. The summed E-state index contributed by atoms with van der Waals surface area (Å²) in [5.74, 6) is -1.51. The van der Waals surface area contributed by atoms with E-state index in [1.807, 2.05) is 0 Å². The molecule has 0 saturated heterocycles. The number of halogens is 4. The first-order valence-electron chi connectivity index (χ1n) is 8.78. The minimum absolute atomic E-state index is 0.133. The highest BCUT2D eigenvalue weighted by molar-refractivity contribution is 5.98. The number of aromatic nitrogens is 1. The van der Waals surface area contributed by atoms with Crippen LogP contribution in [0.3, 0.4) is 0 Å². The molecule has 3 N–H and O–H groups in total. The molecule has 1 amide bonds. The maximum absolute atomic E-state index is 13.4. The molecule has 0 fully saturated rings. The second-order valence-electron chi connectivity index (χ2n) is 6.45. The largest absolute Gasteiger partial charge is 0.457 e. The number of amides is 1. The molecule has 30 heavy (non-hydrogen) atoms. The Morgan fingerprint density at radius 1 is 1.07 bits per heavy atom. The third kappa shape index (κ3) is 5.05. The zero-order chi connectivity index (χ0) is 21.9. The second kappa shape index (κ2) is 8.40. The molecule has 1 aromatic heterocycles. The van der Waals surface area contributed by atoms with Gasteiger partial charge in [0.05, 0.1) is 11.1 Å². The Labute approximate surface area is 169 Å². The van der Waals surface area contributed by atoms with Crippen molar-refractivity contribution in [3.8, 4) is 11.5 Å². The Kier molecular flexibility index (Phi) is 5.91. The van der Waals surface area contributed by atoms with Crippen molar-refractivity contribution in [3.63, 3.8) is 0 Å². The van der Waals surface area contributed by atoms with Gasteiger partial charge in [0, 0.05) is 12.2 Å². The molecule has 1 heterocycles. The maximum atomic E-state index is 13.4. The van der Waals surface area contributed by atoms with Crippen LogP contribution in [0.15, 0.2) is 54.6 Å². The average Bonchev–Trinajstić information content (AvgIpc) is 2.68. The molecule has 0 radical (unpaired) electrons. The number of carbonyl (C=O) groups is 1. The van der Waals surface area contributed by atoms with Crippen LogP contribution >= 0.6 is 0 Å². The molecule has 9 heteroatoms. The number of nitrogens with one attached hydrogen (secondary N) is 1. The molecule has 0 aliphatic rings. The molecule has 0 atom stereocenters. The number of rotatable bonds is 5. The number of hydrogen-bond acceptors (Lipinski definition) is 4. The number of benzene rings is 2. The fourth-order valence-electron chi connectivity index (χ4n) is 2.64. The van der Waals surface area contributed by atoms with E-state index < -0.39 is 17.6 Å². The summed E-state index contributed by atoms with van der Waals surface area (Å²) >= 11 is 0. The Morgan fingerprint density at radius 2 is 1.73 bits per heavy atom. The van der Waals surface area contributed by atoms with Crippen LogP contribution in [0, 0.1) is 12.7 Å². The number of nitrogen functional groups attached to an aromatic ring is 1. The minimum Gasteiger partial charge on any atom is -0.457 e. The van der Waals surface area contributed by atoms with Crippen molar-refractivity contribution in [2.75, 3.05) is 5.73 Å². The van der Waals surface area contributed by atoms with E-state index in [-0.39, 0.29) is 35.3 Å². The molecule has 0 spiro atoms. The standard InChI is InChI=1S/C21H17F4N3O2/c1-12-2-8-16(19(26)28-12)20(29)27-11-13-3-5-14(6-4-13)30-15-7-9-18(22)17(10-15)21(23,24)25/h2-10H,11H2,1H3,(H2,26,28)(H,27,29). The molecular formula is C21H17F4N3O2. The van der Waals surface area contributed by atoms with E-state index in [4.69, 9.17) is 10.5 Å². The van der Waals surface area contributed by atoms with Crippen molar-refractivity contribution in [1.29, 1.82) is 0 Å². The molecule has 156 valence electrons. The van der Waals surface area contributed by atoms with Crippen molar-refractivity contribution < 1.29 is 27.1 Å². The first-order valence-corrected chi connectivity index (χ1v) is 8.78. The fraction of sp³-hybridized carbons (Fsp3) is 0.143. The molecule has 2 aromatic carbocycles. The van der Waals surface area contributed by atoms with Crippen molar-refractivity contribution in [3.05, 3.63) is 82.8 Å². The van der Waals surface area contributed by atoms with Gasteiger partial charge in [-0.2, -0.15) is 13.2 Å². The topological polar surface area (TPSA) is 77.2 Å². The van der Waals surface area contributed by atoms with Gasteiger partial charge in [-0.25, -0.2) is 9.37 Å². The molecule has 0 aliphatic heterocycles. The smallest absolute Gasteiger partial charge is 0.419 e. The highest BCUT2D eigenvalue weighted by Crippen LogP contribution is 2.34. The molecule has 0 aliphatic carbocycles. The summed E-state index contributed by atoms with van der Waals surface area (Å²) in [7, 11) is 0. The van der Waals surface area contributed by atoms with E-state index in [0.29, 0.717) is 17.8 Å². The van der Waals surface area contributed by atoms with Crippen molar-refractivity contribution in [2.24, 2.45) is 0 Å². The number of pyridine rings is 1. The first kappa shape index (κ1) is 21.1. The number of ether oxygens (including phenoxy) is 1. The van der Waals surface area contributed by atoms with Gasteiger partial charge in [0.2, 0.25) is 0 Å². The van der Waals surface area contributed by atoms with E-state index in [9.17, 15) is 22.4 Å². The fourth-order valence-corrected chi connectivity index (χ4v) is 2.64. The quantitative estimate of drug-likeness (QED) is 0.580. The van der Waals surface area contributed by atoms with E-state index in [1.54, 1.807) is 31.2 Å². The number of nitrogens with zero attached hydrogens (tertiary/aromatic N) is 1. The third-order valence-electron chi connectivity index (χ3n) is 4.16. The van der Waals surface area contributed by atoms with Gasteiger partial charge in [-0.05, 0) is 55.0 Å². The predicted molar refractivity (Wildman–Crippen MR) is 102 cm³/mol. The Balaban J connectivity index is 1.63. The van der Waals surface area contributed by atoms with Gasteiger partial charge in [-0.15, -0.1) is 0 Å². The zero-order valence-electron chi connectivity index (χ0n) is 15.8. The summed E-state index contributed by atoms with van der Waals surface area (Å²) < 4.78 is 57.1. The highest BCUT2D eigenvalue weighted by atomic mass is 19.4. The lowest BCUT2D eigenvalue weighted by Crippen LogP contribution is -2.24. The summed E-state index contributed by atoms with van der Waals surface area (Å²) in [6, 6.07) is 12.0. The SMILES string of the molecule is Cc1ccc(C(=O)NCc2ccc(Oc3ccc(F)c(C(F)(F)F)c3)cc2)c(N)n1. The summed E-state index contributed by atoms with van der Waals surface area (Å²) in [5.41, 5.74) is 6.04. The number of nitrogens with two attached hydrogens (primary N) is 1. The van der Waals surface area contributed by atoms with Crippen LogP contribution in [-0.2, 0) is 12.7 Å². The number of anilines is 1. The summed E-state index contributed by atoms with van der Waals surface area (Å²) in [6.07, 6.45) is -4.82. The van der Waals surface area contributed by atoms with Gasteiger partial charge < -0.3 is 15.8 Å². The Morgan fingerprint density at radius 3 is 2.37 bits per heavy atom. The van der Waals surface area contributed by atoms with Crippen LogP contribution in [0.1, 0.15) is 27.2 Å². The number of hydrogen-bond donors (Lipinski definition) is 2. The van der Waals surface area contributed by atoms with Crippen LogP contribution in [-0.4, -0.2) is 10.9 Å². The zero-order valence-corrected chi connectivity index (χ0v) is 15.8. The number of carbonyl (C=O) groups excluding carboxylic acids is 1. The van der Waals surface area contributed by atoms with E-state index in [1.165, 1.54) is 12.1 Å². The van der Waals surface area contributed by atoms with Crippen LogP contribution in [0.2, 0.25) is 0 Å². The lowest BCUT2D eigenvalue weighted by Gasteiger charge is -2.12. The average molecular weight is 419 g/mol. The van der Waals surface area contributed by atoms with Gasteiger partial charge in [0.25, 0.3) is 5.91 Å². The van der Waals surface area contributed by atoms with Crippen LogP contribution in [0.5, 0.6) is 11.5 Å². The van der Waals surface area contributed by atoms with Gasteiger partial charge in [-0.1, -0.05) is 12.1 Å². The van der Waals surface area contributed by atoms with Crippen molar-refractivity contribution in [1.82, 2.24) is 10.3 Å². The number of aryl methyl sites for hydroxylation is 1. The Hall–Kier alpha value is -3.62. The van der Waals surface area contributed by atoms with Crippen LogP contribution in [0.4, 0.5) is 23.4 Å². The lowest BCUT2D eigenvalue weighted by molar-refractivity contribution is -0.140. The highest BCUT2D eigenvalue weighted by Gasteiger charge is 2.34. The van der Waals surface area contributed by atoms with E-state index >= 15 is 0 Å². The normalized spacial score (nSPS) is 11.2. The molecule has 5 nitrogen and oxygen atoms in total. The predicted octanol–water partition coefficient (Wildman–Crippen LogP) is 4.85. The first-order chi connectivity index (χ1) is 14.1. The monoisotopic (exact) mass is 419 g/mol. The summed E-state index contributed by atoms with van der Waals surface area (Å²) in [6.45, 7) is 1.96. The van der Waals surface area contributed by atoms with Gasteiger partial charge >= 0.3 is 6.18 Å². The molecule has 3 aromatic rings. The second-order valence-corrected chi connectivity index (χ2v) is 6.45. The molecular weight excluding hydrogens is 402 g/mol. The summed E-state index contributed by atoms with van der Waals surface area (Å²) in [4.78, 5) is 16.3. The Bertz CT molecular complexity index is 1070. The lowest BCUT2D eigenvalue weighted by atomic mass is 10.2. The van der Waals surface area contributed by atoms with Crippen LogP contribution in [0.25, 0.3) is 0 Å². The number of alkyl halides is 3. The van der Waals surface area contributed by atoms with Crippen LogP contribution < -0.4 is 15.8 Å². The van der Waals surface area contributed by atoms with E-state index in [0.717, 1.165) is 11.6 Å². The molecule has 0 saturated carbocycles. The van der Waals surface area contributed by atoms with Crippen molar-refractivity contribution >= 4 is 11.7 Å². The van der Waals surface area contributed by atoms with Gasteiger partial charge in [0.1, 0.15) is 23.1 Å². The van der Waals surface area contributed by atoms with Gasteiger partial charge in [-0.3, -0.25) is 4.79 Å². The van der Waals surface area contributed by atoms with Crippen molar-refractivity contribution in [2.45, 2.75) is 19.6 Å². The molecule has 0 bridgehead atoms. The maximum Gasteiger partial charge on any atom is 0.419 e. The summed E-state index contributed by atoms with van der Waals surface area (Å²) in [5, 5.41) is 2.71.